The van der Waals surface area contributed by atoms with Crippen molar-refractivity contribution >= 4 is 23.7 Å². The maximum absolute atomic E-state index is 15.5. The van der Waals surface area contributed by atoms with Crippen LogP contribution in [0.25, 0.3) is 0 Å². The molecule has 5 nitrogen and oxygen atoms in total. The summed E-state index contributed by atoms with van der Waals surface area (Å²) in [6, 6.07) is 12.0. The van der Waals surface area contributed by atoms with Crippen LogP contribution in [0.2, 0.25) is 5.02 Å². The molecule has 2 atom stereocenters. The molecule has 1 amide bonds. The highest BCUT2D eigenvalue weighted by molar-refractivity contribution is 6.30. The molecule has 3 rings (SSSR count). The molecule has 1 N–H and O–H groups in total. The Balaban J connectivity index is 1.81. The summed E-state index contributed by atoms with van der Waals surface area (Å²) in [6.07, 6.45) is 2.50. The number of hydrogen-bond acceptors (Lipinski definition) is 4. The van der Waals surface area contributed by atoms with Crippen molar-refractivity contribution in [1.29, 1.82) is 0 Å². The van der Waals surface area contributed by atoms with Gasteiger partial charge in [-0.3, -0.25) is 0 Å². The van der Waals surface area contributed by atoms with Gasteiger partial charge in [0, 0.05) is 10.6 Å². The number of hydrogen-bond donors (Lipinski definition) is 1. The molecule has 0 saturated heterocycles. The predicted molar refractivity (Wildman–Crippen MR) is 121 cm³/mol. The van der Waals surface area contributed by atoms with Gasteiger partial charge in [0.1, 0.15) is 6.04 Å². The smallest absolute Gasteiger partial charge is 0.408 e. The first-order valence-electron chi connectivity index (χ1n) is 11.0. The second kappa shape index (κ2) is 11.5. The Morgan fingerprint density at radius 2 is 1.79 bits per heavy atom. The fraction of sp³-hybridized carbons (Fsp3) is 0.440. The molecule has 0 unspecified atom stereocenters. The summed E-state index contributed by atoms with van der Waals surface area (Å²) >= 11 is 5.91. The number of alkyl carbamates (subject to hydrolysis) is 1. The molecule has 0 heterocycles. The number of methoxy groups -OCH3 is 1. The van der Waals surface area contributed by atoms with Gasteiger partial charge in [-0.05, 0) is 30.0 Å². The van der Waals surface area contributed by atoms with E-state index in [1.807, 2.05) is 0 Å². The minimum absolute atomic E-state index is 0.111. The third-order valence-electron chi connectivity index (χ3n) is 5.94. The lowest BCUT2D eigenvalue weighted by molar-refractivity contribution is -0.144. The van der Waals surface area contributed by atoms with Crippen LogP contribution in [0.15, 0.2) is 54.6 Å². The fourth-order valence-electron chi connectivity index (χ4n) is 4.22. The average Bonchev–Trinajstić information content (AvgIpc) is 2.82. The molecule has 8 heteroatoms. The highest BCUT2D eigenvalue weighted by atomic mass is 35.5. The number of halogens is 3. The summed E-state index contributed by atoms with van der Waals surface area (Å²) < 4.78 is 41.1. The second-order valence-electron chi connectivity index (χ2n) is 8.29. The Morgan fingerprint density at radius 1 is 1.09 bits per heavy atom. The fourth-order valence-corrected chi connectivity index (χ4v) is 4.41. The molecule has 1 fully saturated rings. The monoisotopic (exact) mass is 479 g/mol. The lowest BCUT2D eigenvalue weighted by atomic mass is 9.85. The van der Waals surface area contributed by atoms with Crippen molar-refractivity contribution in [3.05, 3.63) is 70.7 Å². The molecule has 1 aliphatic carbocycles. The Morgan fingerprint density at radius 3 is 2.42 bits per heavy atom. The number of nitrogens with one attached hydrogen (secondary N) is 1. The van der Waals surface area contributed by atoms with Crippen LogP contribution in [-0.2, 0) is 20.2 Å². The second-order valence-corrected chi connectivity index (χ2v) is 8.73. The van der Waals surface area contributed by atoms with E-state index in [0.717, 1.165) is 38.2 Å². The number of rotatable bonds is 8. The van der Waals surface area contributed by atoms with Gasteiger partial charge in [-0.15, -0.1) is 0 Å². The van der Waals surface area contributed by atoms with Gasteiger partial charge in [0.05, 0.1) is 7.11 Å². The minimum atomic E-state index is -3.58. The van der Waals surface area contributed by atoms with E-state index in [9.17, 15) is 9.59 Å². The van der Waals surface area contributed by atoms with Crippen molar-refractivity contribution in [1.82, 2.24) is 5.32 Å². The van der Waals surface area contributed by atoms with E-state index >= 15 is 8.78 Å². The molecule has 0 bridgehead atoms. The zero-order valence-corrected chi connectivity index (χ0v) is 19.2. The molecule has 0 aromatic heterocycles. The number of carbonyl (C=O) groups is 2. The molecule has 178 valence electrons. The van der Waals surface area contributed by atoms with Crippen LogP contribution in [0.3, 0.4) is 0 Å². The van der Waals surface area contributed by atoms with E-state index < -0.39 is 30.1 Å². The lowest BCUT2D eigenvalue weighted by Crippen LogP contribution is -2.44. The van der Waals surface area contributed by atoms with Gasteiger partial charge in [0.15, 0.2) is 6.10 Å². The Hall–Kier alpha value is -2.67. The van der Waals surface area contributed by atoms with Crippen LogP contribution < -0.4 is 5.32 Å². The first-order chi connectivity index (χ1) is 15.8. The minimum Gasteiger partial charge on any atom is -0.467 e. The SMILES string of the molecule is COC(=O)[C@H](CC1CCCCC1)NC(=O)O[C@@H](c1ccccc1)C(F)(F)c1cccc(Cl)c1. The van der Waals surface area contributed by atoms with Crippen LogP contribution in [0.5, 0.6) is 0 Å². The molecule has 0 spiro atoms. The molecule has 1 aliphatic rings. The highest BCUT2D eigenvalue weighted by Crippen LogP contribution is 2.43. The molecule has 2 aromatic carbocycles. The Kier molecular flexibility index (Phi) is 8.67. The van der Waals surface area contributed by atoms with Crippen molar-refractivity contribution in [2.24, 2.45) is 5.92 Å². The molecule has 0 radical (unpaired) electrons. The van der Waals surface area contributed by atoms with Gasteiger partial charge in [-0.1, -0.05) is 86.2 Å². The van der Waals surface area contributed by atoms with E-state index in [1.165, 1.54) is 37.4 Å². The largest absolute Gasteiger partial charge is 0.467 e. The van der Waals surface area contributed by atoms with E-state index in [-0.39, 0.29) is 22.1 Å². The zero-order chi connectivity index (χ0) is 23.8. The normalized spacial score (nSPS) is 16.5. The van der Waals surface area contributed by atoms with Crippen molar-refractivity contribution < 1.29 is 27.8 Å². The molecular weight excluding hydrogens is 452 g/mol. The number of amides is 1. The lowest BCUT2D eigenvalue weighted by Gasteiger charge is -2.29. The van der Waals surface area contributed by atoms with Crippen LogP contribution >= 0.6 is 11.6 Å². The van der Waals surface area contributed by atoms with Crippen LogP contribution in [-0.4, -0.2) is 25.2 Å². The zero-order valence-electron chi connectivity index (χ0n) is 18.4. The quantitative estimate of drug-likeness (QED) is 0.444. The van der Waals surface area contributed by atoms with Crippen molar-refractivity contribution in [3.63, 3.8) is 0 Å². The number of benzene rings is 2. The number of carbonyl (C=O) groups excluding carboxylic acids is 2. The van der Waals surface area contributed by atoms with Crippen molar-refractivity contribution in [2.75, 3.05) is 7.11 Å². The van der Waals surface area contributed by atoms with Crippen molar-refractivity contribution in [2.45, 2.75) is 56.6 Å². The standard InChI is InChI=1S/C25H28ClF2NO4/c1-32-23(30)21(15-17-9-4-2-5-10-17)29-24(31)33-22(18-11-6-3-7-12-18)25(27,28)19-13-8-14-20(26)16-19/h3,6-8,11-14,16-17,21-22H,2,4-5,9-10,15H2,1H3,(H,29,31)/t21-,22-/m0/s1. The average molecular weight is 480 g/mol. The van der Waals surface area contributed by atoms with Gasteiger partial charge in [-0.25, -0.2) is 9.59 Å². The maximum atomic E-state index is 15.5. The summed E-state index contributed by atoms with van der Waals surface area (Å²) in [7, 11) is 1.23. The summed E-state index contributed by atoms with van der Waals surface area (Å²) in [4.78, 5) is 25.0. The van der Waals surface area contributed by atoms with Gasteiger partial charge in [0.2, 0.25) is 0 Å². The number of alkyl halides is 2. The molecule has 2 aromatic rings. The van der Waals surface area contributed by atoms with Crippen LogP contribution in [0.1, 0.15) is 55.8 Å². The third-order valence-corrected chi connectivity index (χ3v) is 6.17. The van der Waals surface area contributed by atoms with Gasteiger partial charge in [-0.2, -0.15) is 8.78 Å². The van der Waals surface area contributed by atoms with E-state index in [4.69, 9.17) is 21.1 Å². The van der Waals surface area contributed by atoms with Crippen LogP contribution in [0.4, 0.5) is 13.6 Å². The molecule has 1 saturated carbocycles. The number of ether oxygens (including phenoxy) is 2. The summed E-state index contributed by atoms with van der Waals surface area (Å²) in [6.45, 7) is 0. The molecule has 0 aliphatic heterocycles. The van der Waals surface area contributed by atoms with Gasteiger partial charge < -0.3 is 14.8 Å². The van der Waals surface area contributed by atoms with Gasteiger partial charge in [0.25, 0.3) is 0 Å². The first kappa shape index (κ1) is 25.0. The van der Waals surface area contributed by atoms with Crippen LogP contribution in [0, 0.1) is 5.92 Å². The van der Waals surface area contributed by atoms with E-state index in [2.05, 4.69) is 5.32 Å². The molecule has 33 heavy (non-hydrogen) atoms. The topological polar surface area (TPSA) is 64.6 Å². The van der Waals surface area contributed by atoms with E-state index in [1.54, 1.807) is 18.2 Å². The summed E-state index contributed by atoms with van der Waals surface area (Å²) in [5.74, 6) is -3.95. The molecular formula is C25H28ClF2NO4. The third kappa shape index (κ3) is 6.67. The Labute approximate surface area is 197 Å². The van der Waals surface area contributed by atoms with E-state index in [0.29, 0.717) is 6.42 Å². The van der Waals surface area contributed by atoms with Crippen molar-refractivity contribution in [3.8, 4) is 0 Å². The highest BCUT2D eigenvalue weighted by Gasteiger charge is 2.46. The first-order valence-corrected chi connectivity index (χ1v) is 11.4. The maximum Gasteiger partial charge on any atom is 0.408 e. The Bertz CT molecular complexity index is 935. The summed E-state index contributed by atoms with van der Waals surface area (Å²) in [5, 5.41) is 2.60. The summed E-state index contributed by atoms with van der Waals surface area (Å²) in [5.41, 5.74) is -0.275. The number of esters is 1. The van der Waals surface area contributed by atoms with Gasteiger partial charge >= 0.3 is 18.0 Å². The predicted octanol–water partition coefficient (Wildman–Crippen LogP) is 6.41.